The fourth-order valence-electron chi connectivity index (χ4n) is 6.76. The van der Waals surface area contributed by atoms with Crippen LogP contribution in [-0.2, 0) is 17.1 Å². The predicted molar refractivity (Wildman–Crippen MR) is 159 cm³/mol. The van der Waals surface area contributed by atoms with E-state index in [1.807, 2.05) is 25.4 Å². The molecule has 4 heterocycles. The van der Waals surface area contributed by atoms with Gasteiger partial charge in [-0.3, -0.25) is 4.79 Å². The van der Waals surface area contributed by atoms with Gasteiger partial charge in [0.25, 0.3) is 5.91 Å². The molecule has 7 rings (SSSR count). The van der Waals surface area contributed by atoms with Gasteiger partial charge in [-0.05, 0) is 86.1 Å². The lowest BCUT2D eigenvalue weighted by molar-refractivity contribution is 0.102. The van der Waals surface area contributed by atoms with E-state index in [1.54, 1.807) is 12.1 Å². The van der Waals surface area contributed by atoms with Crippen molar-refractivity contribution in [2.75, 3.05) is 54.4 Å². The molecule has 2 aliphatic carbocycles. The minimum atomic E-state index is -3.83. The van der Waals surface area contributed by atoms with Gasteiger partial charge in [0.2, 0.25) is 10.0 Å². The molecule has 11 heteroatoms. The van der Waals surface area contributed by atoms with Gasteiger partial charge in [0.05, 0.1) is 28.3 Å². The molecule has 2 aromatic heterocycles. The van der Waals surface area contributed by atoms with E-state index >= 15 is 0 Å². The first-order valence-corrected chi connectivity index (χ1v) is 16.2. The van der Waals surface area contributed by atoms with E-state index in [9.17, 15) is 13.2 Å². The van der Waals surface area contributed by atoms with Crippen LogP contribution in [0.5, 0.6) is 0 Å². The average molecular weight is 579 g/mol. The van der Waals surface area contributed by atoms with Gasteiger partial charge in [-0.25, -0.2) is 18.1 Å². The number of aliphatic hydroxyl groups excluding tert-OH is 1. The fraction of sp³-hybridized carbons (Fsp3) is 0.533. The van der Waals surface area contributed by atoms with Gasteiger partial charge >= 0.3 is 0 Å². The summed E-state index contributed by atoms with van der Waals surface area (Å²) in [6, 6.07) is 8.61. The van der Waals surface area contributed by atoms with Crippen molar-refractivity contribution in [3.8, 4) is 0 Å². The zero-order valence-electron chi connectivity index (χ0n) is 23.5. The van der Waals surface area contributed by atoms with Crippen LogP contribution in [0.15, 0.2) is 41.4 Å². The Hall–Kier alpha value is -3.15. The molecule has 1 aromatic carbocycles. The molecule has 1 amide bonds. The normalized spacial score (nSPS) is 20.7. The van der Waals surface area contributed by atoms with Crippen molar-refractivity contribution in [1.82, 2.24) is 14.3 Å². The van der Waals surface area contributed by atoms with Crippen molar-refractivity contribution in [2.24, 2.45) is 17.9 Å². The van der Waals surface area contributed by atoms with Gasteiger partial charge in [-0.15, -0.1) is 0 Å². The first-order chi connectivity index (χ1) is 19.7. The molecular formula is C30H38N6O4S. The van der Waals surface area contributed by atoms with E-state index < -0.39 is 10.0 Å². The number of nitrogens with zero attached hydrogens (tertiary/aromatic N) is 4. The number of hydrogen-bond donors (Lipinski definition) is 3. The lowest BCUT2D eigenvalue weighted by Gasteiger charge is -2.35. The predicted octanol–water partition coefficient (Wildman–Crippen LogP) is 3.47. The summed E-state index contributed by atoms with van der Waals surface area (Å²) in [5, 5.41) is 13.2. The second-order valence-electron chi connectivity index (χ2n) is 12.6. The number of fused-ring (bicyclic) bond motifs is 1. The Morgan fingerprint density at radius 1 is 0.976 bits per heavy atom. The maximum atomic E-state index is 13.8. The van der Waals surface area contributed by atoms with Crippen molar-refractivity contribution in [1.29, 1.82) is 0 Å². The van der Waals surface area contributed by atoms with E-state index in [4.69, 9.17) is 10.1 Å². The van der Waals surface area contributed by atoms with Gasteiger partial charge in [-0.1, -0.05) is 0 Å². The Morgan fingerprint density at radius 2 is 1.68 bits per heavy atom. The number of benzene rings is 1. The average Bonchev–Trinajstić information content (AvgIpc) is 3.82. The van der Waals surface area contributed by atoms with Gasteiger partial charge < -0.3 is 24.8 Å². The number of aromatic nitrogens is 2. The third-order valence-corrected chi connectivity index (χ3v) is 11.3. The van der Waals surface area contributed by atoms with Gasteiger partial charge in [0.15, 0.2) is 5.82 Å². The quantitative estimate of drug-likeness (QED) is 0.375. The molecule has 3 N–H and O–H groups in total. The van der Waals surface area contributed by atoms with E-state index in [-0.39, 0.29) is 24.0 Å². The second kappa shape index (κ2) is 9.71. The number of nitrogens with one attached hydrogen (secondary N) is 2. The molecule has 4 aliphatic rings. The van der Waals surface area contributed by atoms with Crippen molar-refractivity contribution in [3.63, 3.8) is 0 Å². The largest absolute Gasteiger partial charge is 0.395 e. The molecule has 0 unspecified atom stereocenters. The number of sulfonamides is 1. The van der Waals surface area contributed by atoms with Gasteiger partial charge in [0, 0.05) is 51.4 Å². The van der Waals surface area contributed by atoms with Crippen molar-refractivity contribution >= 4 is 44.2 Å². The molecule has 4 fully saturated rings. The lowest BCUT2D eigenvalue weighted by atomic mass is 9.93. The van der Waals surface area contributed by atoms with Crippen LogP contribution in [0.2, 0.25) is 0 Å². The zero-order chi connectivity index (χ0) is 28.4. The monoisotopic (exact) mass is 578 g/mol. The number of carbonyl (C=O) groups is 1. The summed E-state index contributed by atoms with van der Waals surface area (Å²) in [6.07, 6.45) is 10.3. The topological polar surface area (TPSA) is 120 Å². The van der Waals surface area contributed by atoms with Crippen molar-refractivity contribution in [3.05, 3.63) is 42.1 Å². The summed E-state index contributed by atoms with van der Waals surface area (Å²) < 4.78 is 30.3. The summed E-state index contributed by atoms with van der Waals surface area (Å²) in [7, 11) is -1.80. The second-order valence-corrected chi connectivity index (χ2v) is 14.4. The Kier molecular flexibility index (Phi) is 6.33. The minimum absolute atomic E-state index is 0.0692. The summed E-state index contributed by atoms with van der Waals surface area (Å²) >= 11 is 0. The minimum Gasteiger partial charge on any atom is -0.395 e. The van der Waals surface area contributed by atoms with Crippen LogP contribution >= 0.6 is 0 Å². The molecule has 10 nitrogen and oxygen atoms in total. The van der Waals surface area contributed by atoms with Gasteiger partial charge in [0.1, 0.15) is 5.82 Å². The number of aryl methyl sites for hydroxylation is 1. The number of pyridine rings is 1. The number of hydrogen-bond acceptors (Lipinski definition) is 7. The Morgan fingerprint density at radius 3 is 2.37 bits per heavy atom. The van der Waals surface area contributed by atoms with E-state index in [1.165, 1.54) is 38.2 Å². The number of carbonyl (C=O) groups excluding carboxylic acids is 1. The van der Waals surface area contributed by atoms with Crippen LogP contribution in [0.25, 0.3) is 10.9 Å². The molecule has 0 atom stereocenters. The van der Waals surface area contributed by atoms with Gasteiger partial charge in [-0.2, -0.15) is 0 Å². The highest BCUT2D eigenvalue weighted by atomic mass is 32.2. The van der Waals surface area contributed by atoms with E-state index in [0.29, 0.717) is 27.9 Å². The number of rotatable bonds is 8. The molecule has 218 valence electrons. The third-order valence-electron chi connectivity index (χ3n) is 9.82. The first-order valence-electron chi connectivity index (χ1n) is 14.7. The molecule has 2 saturated heterocycles. The smallest absolute Gasteiger partial charge is 0.258 e. The molecule has 0 bridgehead atoms. The number of amides is 1. The SMILES string of the molecule is Cn1ccc2cc(NC(=O)c3ccc(S(=O)(=O)NCCO)cc3N3CCC4(CC3)CC4)nc(N3CCC4(CC4)C3)c21. The van der Waals surface area contributed by atoms with Crippen molar-refractivity contribution in [2.45, 2.75) is 49.8 Å². The van der Waals surface area contributed by atoms with Crippen LogP contribution in [0, 0.1) is 10.8 Å². The molecule has 2 spiro atoms. The number of anilines is 3. The first kappa shape index (κ1) is 26.7. The number of piperidine rings is 1. The Balaban J connectivity index is 1.21. The molecule has 41 heavy (non-hydrogen) atoms. The maximum absolute atomic E-state index is 13.8. The summed E-state index contributed by atoms with van der Waals surface area (Å²) in [6.45, 7) is 3.16. The summed E-state index contributed by atoms with van der Waals surface area (Å²) in [5.74, 6) is 1.08. The molecule has 3 aromatic rings. The molecular weight excluding hydrogens is 540 g/mol. The Labute approximate surface area is 240 Å². The molecule has 2 saturated carbocycles. The van der Waals surface area contributed by atoms with Crippen LogP contribution in [0.4, 0.5) is 17.3 Å². The van der Waals surface area contributed by atoms with E-state index in [2.05, 4.69) is 24.4 Å². The van der Waals surface area contributed by atoms with Crippen LogP contribution in [0.3, 0.4) is 0 Å². The highest BCUT2D eigenvalue weighted by Gasteiger charge is 2.48. The number of aliphatic hydroxyl groups is 1. The molecule has 0 radical (unpaired) electrons. The van der Waals surface area contributed by atoms with Crippen molar-refractivity contribution < 1.29 is 18.3 Å². The highest BCUT2D eigenvalue weighted by molar-refractivity contribution is 7.89. The maximum Gasteiger partial charge on any atom is 0.258 e. The Bertz CT molecular complexity index is 1620. The summed E-state index contributed by atoms with van der Waals surface area (Å²) in [4.78, 5) is 23.4. The zero-order valence-corrected chi connectivity index (χ0v) is 24.3. The fourth-order valence-corrected chi connectivity index (χ4v) is 7.80. The van der Waals surface area contributed by atoms with Crippen LogP contribution in [-0.4, -0.2) is 68.3 Å². The molecule has 2 aliphatic heterocycles. The standard InChI is InChI=1S/C30H38N6O4S/c1-34-13-4-21-18-25(32-27(26(21)34)36-16-11-30(20-36)7-8-30)33-28(38)23-3-2-22(41(39,40)31-12-17-37)19-24(23)35-14-9-29(5-6-29)10-15-35/h2-4,13,18-19,31,37H,5-12,14-17,20H2,1H3,(H,32,33,38). The van der Waals surface area contributed by atoms with E-state index in [0.717, 1.165) is 55.7 Å². The lowest BCUT2D eigenvalue weighted by Crippen LogP contribution is -2.36. The highest BCUT2D eigenvalue weighted by Crippen LogP contribution is 2.54. The summed E-state index contributed by atoms with van der Waals surface area (Å²) in [5.41, 5.74) is 2.97. The van der Waals surface area contributed by atoms with Crippen LogP contribution < -0.4 is 19.8 Å². The third kappa shape index (κ3) is 4.97. The van der Waals surface area contributed by atoms with Crippen LogP contribution in [0.1, 0.15) is 55.3 Å².